The van der Waals surface area contributed by atoms with E-state index in [-0.39, 0.29) is 5.82 Å². The van der Waals surface area contributed by atoms with E-state index in [0.717, 1.165) is 23.5 Å². The van der Waals surface area contributed by atoms with Gasteiger partial charge in [-0.15, -0.1) is 0 Å². The third kappa shape index (κ3) is 3.25. The average molecular weight is 258 g/mol. The molecule has 2 aromatic carbocycles. The van der Waals surface area contributed by atoms with Gasteiger partial charge in [0.15, 0.2) is 0 Å². The van der Waals surface area contributed by atoms with E-state index in [1.165, 1.54) is 6.07 Å². The van der Waals surface area contributed by atoms with E-state index >= 15 is 0 Å². The van der Waals surface area contributed by atoms with Crippen LogP contribution >= 0.6 is 0 Å². The first-order valence-corrected chi connectivity index (χ1v) is 6.34. The van der Waals surface area contributed by atoms with Crippen molar-refractivity contribution < 1.29 is 4.39 Å². The summed E-state index contributed by atoms with van der Waals surface area (Å²) in [4.78, 5) is 2.14. The SMILES string of the molecule is CNc1ccc(N(C)Cc2ccc(F)c(C)c2)cc1. The van der Waals surface area contributed by atoms with Crippen LogP contribution in [0.15, 0.2) is 42.5 Å². The van der Waals surface area contributed by atoms with Crippen molar-refractivity contribution in [2.75, 3.05) is 24.3 Å². The van der Waals surface area contributed by atoms with Gasteiger partial charge in [-0.3, -0.25) is 0 Å². The molecule has 2 aromatic rings. The first-order valence-electron chi connectivity index (χ1n) is 6.34. The minimum Gasteiger partial charge on any atom is -0.388 e. The summed E-state index contributed by atoms with van der Waals surface area (Å²) >= 11 is 0. The van der Waals surface area contributed by atoms with Crippen molar-refractivity contribution in [3.05, 3.63) is 59.4 Å². The fourth-order valence-electron chi connectivity index (χ4n) is 2.05. The summed E-state index contributed by atoms with van der Waals surface area (Å²) in [6.07, 6.45) is 0. The molecular weight excluding hydrogens is 239 g/mol. The molecule has 0 atom stereocenters. The van der Waals surface area contributed by atoms with Gasteiger partial charge in [0, 0.05) is 32.0 Å². The van der Waals surface area contributed by atoms with Gasteiger partial charge in [-0.25, -0.2) is 4.39 Å². The molecule has 0 aliphatic rings. The maximum absolute atomic E-state index is 13.2. The maximum Gasteiger partial charge on any atom is 0.126 e. The molecule has 0 heterocycles. The highest BCUT2D eigenvalue weighted by atomic mass is 19.1. The highest BCUT2D eigenvalue weighted by molar-refractivity contribution is 5.54. The standard InChI is InChI=1S/C16H19FN2/c1-12-10-13(4-9-16(12)17)11-19(3)15-7-5-14(18-2)6-8-15/h4-10,18H,11H2,1-3H3. The smallest absolute Gasteiger partial charge is 0.126 e. The Hall–Kier alpha value is -2.03. The first-order chi connectivity index (χ1) is 9.10. The molecule has 0 saturated heterocycles. The van der Waals surface area contributed by atoms with Gasteiger partial charge in [0.2, 0.25) is 0 Å². The first kappa shape index (κ1) is 13.4. The fourth-order valence-corrected chi connectivity index (χ4v) is 2.05. The normalized spacial score (nSPS) is 10.3. The molecule has 3 heteroatoms. The van der Waals surface area contributed by atoms with Crippen molar-refractivity contribution in [2.24, 2.45) is 0 Å². The van der Waals surface area contributed by atoms with E-state index in [2.05, 4.69) is 22.3 Å². The lowest BCUT2D eigenvalue weighted by Gasteiger charge is -2.20. The molecule has 0 aliphatic carbocycles. The number of hydrogen-bond donors (Lipinski definition) is 1. The van der Waals surface area contributed by atoms with Gasteiger partial charge < -0.3 is 10.2 Å². The second-order valence-corrected chi connectivity index (χ2v) is 4.74. The minimum absolute atomic E-state index is 0.148. The molecule has 2 nitrogen and oxygen atoms in total. The number of nitrogens with zero attached hydrogens (tertiary/aromatic N) is 1. The highest BCUT2D eigenvalue weighted by Gasteiger charge is 2.04. The predicted octanol–water partition coefficient (Wildman–Crippen LogP) is 3.81. The third-order valence-corrected chi connectivity index (χ3v) is 3.24. The van der Waals surface area contributed by atoms with Gasteiger partial charge >= 0.3 is 0 Å². The van der Waals surface area contributed by atoms with Crippen LogP contribution in [0.25, 0.3) is 0 Å². The Kier molecular flexibility index (Phi) is 4.05. The van der Waals surface area contributed by atoms with Crippen LogP contribution in [0.3, 0.4) is 0 Å². The molecule has 0 radical (unpaired) electrons. The van der Waals surface area contributed by atoms with E-state index in [1.807, 2.05) is 38.4 Å². The molecule has 2 rings (SSSR count). The monoisotopic (exact) mass is 258 g/mol. The maximum atomic E-state index is 13.2. The Bertz CT molecular complexity index is 549. The molecule has 0 aromatic heterocycles. The van der Waals surface area contributed by atoms with Crippen molar-refractivity contribution in [2.45, 2.75) is 13.5 Å². The summed E-state index contributed by atoms with van der Waals surface area (Å²) in [5.41, 5.74) is 4.03. The lowest BCUT2D eigenvalue weighted by molar-refractivity contribution is 0.617. The van der Waals surface area contributed by atoms with Crippen LogP contribution in [0.1, 0.15) is 11.1 Å². The van der Waals surface area contributed by atoms with Crippen molar-refractivity contribution in [1.29, 1.82) is 0 Å². The van der Waals surface area contributed by atoms with Crippen molar-refractivity contribution in [1.82, 2.24) is 0 Å². The lowest BCUT2D eigenvalue weighted by Crippen LogP contribution is -2.16. The lowest BCUT2D eigenvalue weighted by atomic mass is 10.1. The van der Waals surface area contributed by atoms with Crippen LogP contribution in [-0.4, -0.2) is 14.1 Å². The summed E-state index contributed by atoms with van der Waals surface area (Å²) in [6, 6.07) is 13.5. The zero-order valence-electron chi connectivity index (χ0n) is 11.6. The number of nitrogens with one attached hydrogen (secondary N) is 1. The number of hydrogen-bond acceptors (Lipinski definition) is 2. The number of anilines is 2. The van der Waals surface area contributed by atoms with Crippen LogP contribution in [-0.2, 0) is 6.54 Å². The zero-order valence-corrected chi connectivity index (χ0v) is 11.6. The molecule has 19 heavy (non-hydrogen) atoms. The van der Waals surface area contributed by atoms with Gasteiger partial charge in [-0.2, -0.15) is 0 Å². The molecule has 0 amide bonds. The van der Waals surface area contributed by atoms with Crippen molar-refractivity contribution in [3.63, 3.8) is 0 Å². The molecular formula is C16H19FN2. The fraction of sp³-hybridized carbons (Fsp3) is 0.250. The van der Waals surface area contributed by atoms with Gasteiger partial charge in [0.1, 0.15) is 5.82 Å². The van der Waals surface area contributed by atoms with Crippen LogP contribution in [0.5, 0.6) is 0 Å². The Morgan fingerprint density at radius 1 is 1.11 bits per heavy atom. The van der Waals surface area contributed by atoms with Crippen LogP contribution < -0.4 is 10.2 Å². The predicted molar refractivity (Wildman–Crippen MR) is 79.2 cm³/mol. The zero-order chi connectivity index (χ0) is 13.8. The third-order valence-electron chi connectivity index (χ3n) is 3.24. The summed E-state index contributed by atoms with van der Waals surface area (Å²) in [5, 5.41) is 3.10. The summed E-state index contributed by atoms with van der Waals surface area (Å²) in [7, 11) is 3.94. The second kappa shape index (κ2) is 5.74. The van der Waals surface area contributed by atoms with Crippen molar-refractivity contribution >= 4 is 11.4 Å². The Morgan fingerprint density at radius 3 is 2.37 bits per heavy atom. The molecule has 1 N–H and O–H groups in total. The van der Waals surface area contributed by atoms with Crippen LogP contribution in [0, 0.1) is 12.7 Å². The van der Waals surface area contributed by atoms with Gasteiger partial charge in [-0.1, -0.05) is 12.1 Å². The Morgan fingerprint density at radius 2 is 1.79 bits per heavy atom. The topological polar surface area (TPSA) is 15.3 Å². The van der Waals surface area contributed by atoms with E-state index in [4.69, 9.17) is 0 Å². The highest BCUT2D eigenvalue weighted by Crippen LogP contribution is 2.19. The van der Waals surface area contributed by atoms with Crippen molar-refractivity contribution in [3.8, 4) is 0 Å². The number of rotatable bonds is 4. The summed E-state index contributed by atoms with van der Waals surface area (Å²) in [6.45, 7) is 2.56. The van der Waals surface area contributed by atoms with E-state index in [9.17, 15) is 4.39 Å². The van der Waals surface area contributed by atoms with Gasteiger partial charge in [0.25, 0.3) is 0 Å². The summed E-state index contributed by atoms with van der Waals surface area (Å²) in [5.74, 6) is -0.148. The number of benzene rings is 2. The molecule has 0 spiro atoms. The molecule has 0 unspecified atom stereocenters. The van der Waals surface area contributed by atoms with E-state index < -0.39 is 0 Å². The Balaban J connectivity index is 2.10. The largest absolute Gasteiger partial charge is 0.388 e. The Labute approximate surface area is 113 Å². The molecule has 0 bridgehead atoms. The van der Waals surface area contributed by atoms with Crippen LogP contribution in [0.2, 0.25) is 0 Å². The van der Waals surface area contributed by atoms with Crippen LogP contribution in [0.4, 0.5) is 15.8 Å². The summed E-state index contributed by atoms with van der Waals surface area (Å²) < 4.78 is 13.2. The molecule has 0 saturated carbocycles. The molecule has 0 fully saturated rings. The van der Waals surface area contributed by atoms with Gasteiger partial charge in [0.05, 0.1) is 0 Å². The second-order valence-electron chi connectivity index (χ2n) is 4.74. The number of halogens is 1. The minimum atomic E-state index is -0.148. The average Bonchev–Trinajstić information content (AvgIpc) is 2.43. The molecule has 100 valence electrons. The van der Waals surface area contributed by atoms with E-state index in [1.54, 1.807) is 6.92 Å². The quantitative estimate of drug-likeness (QED) is 0.897. The van der Waals surface area contributed by atoms with Gasteiger partial charge in [-0.05, 0) is 48.4 Å². The van der Waals surface area contributed by atoms with E-state index in [0.29, 0.717) is 5.56 Å². The molecule has 0 aliphatic heterocycles. The number of aryl methyl sites for hydroxylation is 1.